The molecule has 16 nitrogen and oxygen atoms in total. The molecule has 0 amide bonds. The lowest BCUT2D eigenvalue weighted by molar-refractivity contribution is -0.318. The number of hydrogen-bond donors (Lipinski definition) is 6. The Labute approximate surface area is 361 Å². The summed E-state index contributed by atoms with van der Waals surface area (Å²) in [4.78, 5) is 16.0. The summed E-state index contributed by atoms with van der Waals surface area (Å²) >= 11 is 0. The minimum absolute atomic E-state index is 0.0394. The number of methoxy groups -OCH3 is 1. The van der Waals surface area contributed by atoms with Gasteiger partial charge in [0, 0.05) is 37.5 Å². The van der Waals surface area contributed by atoms with Gasteiger partial charge in [-0.3, -0.25) is 4.79 Å². The number of hydrogen-bond acceptors (Lipinski definition) is 15. The second kappa shape index (κ2) is 20.1. The number of cyclic esters (lactones) is 1. The Bertz CT molecular complexity index is 1700. The summed E-state index contributed by atoms with van der Waals surface area (Å²) in [5.41, 5.74) is -5.17. The molecule has 3 fully saturated rings. The second-order valence-electron chi connectivity index (χ2n) is 18.8. The molecule has 19 atom stereocenters. The van der Waals surface area contributed by atoms with E-state index in [-0.39, 0.29) is 30.3 Å². The number of rotatable bonds is 10. The van der Waals surface area contributed by atoms with Gasteiger partial charge in [0.15, 0.2) is 12.6 Å². The molecule has 3 saturated heterocycles. The summed E-state index contributed by atoms with van der Waals surface area (Å²) in [5.74, 6) is -5.48. The predicted molar refractivity (Wildman–Crippen MR) is 222 cm³/mol. The second-order valence-corrected chi connectivity index (χ2v) is 20.5. The molecule has 3 heterocycles. The SMILES string of the molecule is CC[C@H]1OC(=O)[C@H](C)[C@@H](O[C@H]2C[C@@](C)(OC)[C@@H](O)[C@H](C)O2)[C@H](C)[C@@H](O[C@H]2O[C@@H](C)C[C@@H](N(C)C)[C@@H]2O)[C@](C)(O)C[C@@H](C)[C@H](NS(=O)(=O)c2ccc(F)cc2)[C@H](C)[C@@H](O)[C@]1(C)O. The molecule has 0 bridgehead atoms. The molecule has 1 aromatic rings. The zero-order valence-electron chi connectivity index (χ0n) is 38.0. The molecule has 6 N–H and O–H groups in total. The molecule has 0 saturated carbocycles. The van der Waals surface area contributed by atoms with Crippen molar-refractivity contribution in [2.45, 2.75) is 190 Å². The molecule has 0 unspecified atom stereocenters. The van der Waals surface area contributed by atoms with Gasteiger partial charge in [0.2, 0.25) is 10.0 Å². The zero-order chi connectivity index (χ0) is 46.2. The van der Waals surface area contributed by atoms with E-state index < -0.39 is 130 Å². The van der Waals surface area contributed by atoms with Crippen LogP contribution in [0.5, 0.6) is 0 Å². The molecule has 3 aliphatic rings. The fraction of sp³-hybridized carbons (Fsp3) is 0.837. The van der Waals surface area contributed by atoms with Crippen molar-refractivity contribution >= 4 is 16.0 Å². The average Bonchev–Trinajstić information content (AvgIpc) is 3.18. The summed E-state index contributed by atoms with van der Waals surface area (Å²) in [7, 11) is 0.700. The Hall–Kier alpha value is -1.91. The standard InChI is InChI=1S/C43H73FN2O14S/c1-14-31-43(10,52)36(48)24(4)33(45-61(53,54)29-17-15-28(44)16-18-29)22(2)20-41(8,51)38(60-40-34(47)30(46(11)12)19-23(3)56-40)25(5)35(26(6)39(50)58-31)59-32-21-42(9,55-13)37(49)27(7)57-32/h15-18,22-27,30-38,40,45,47-49,51-52H,14,19-21H2,1-13H3/t22-,23+,24+,25+,26-,27+,30-,31-,32+,33+,34+,35+,36-,37+,38-,40-,41-,42-,43-/m1/s1. The van der Waals surface area contributed by atoms with E-state index in [9.17, 15) is 43.1 Å². The van der Waals surface area contributed by atoms with Gasteiger partial charge in [-0.2, -0.15) is 0 Å². The van der Waals surface area contributed by atoms with Crippen LogP contribution in [0.4, 0.5) is 4.39 Å². The lowest BCUT2D eigenvalue weighted by Crippen LogP contribution is -2.62. The maximum Gasteiger partial charge on any atom is 0.311 e. The first kappa shape index (κ1) is 51.7. The van der Waals surface area contributed by atoms with Crippen LogP contribution in [0.15, 0.2) is 29.2 Å². The van der Waals surface area contributed by atoms with E-state index in [1.54, 1.807) is 41.5 Å². The molecule has 3 aliphatic heterocycles. The van der Waals surface area contributed by atoms with Crippen LogP contribution in [0.2, 0.25) is 0 Å². The first-order chi connectivity index (χ1) is 28.1. The summed E-state index contributed by atoms with van der Waals surface area (Å²) < 4.78 is 82.0. The molecule has 0 spiro atoms. The van der Waals surface area contributed by atoms with Crippen molar-refractivity contribution < 1.29 is 71.6 Å². The van der Waals surface area contributed by atoms with Crippen molar-refractivity contribution in [2.75, 3.05) is 21.2 Å². The maximum absolute atomic E-state index is 14.4. The number of carbonyl (C=O) groups is 1. The molecule has 18 heteroatoms. The van der Waals surface area contributed by atoms with Gasteiger partial charge in [0.25, 0.3) is 0 Å². The van der Waals surface area contributed by atoms with Crippen LogP contribution < -0.4 is 4.72 Å². The van der Waals surface area contributed by atoms with Gasteiger partial charge in [-0.1, -0.05) is 27.7 Å². The van der Waals surface area contributed by atoms with E-state index in [0.29, 0.717) is 6.42 Å². The summed E-state index contributed by atoms with van der Waals surface area (Å²) in [6.07, 6.45) is -10.8. The zero-order valence-corrected chi connectivity index (χ0v) is 38.8. The van der Waals surface area contributed by atoms with Gasteiger partial charge in [-0.15, -0.1) is 0 Å². The number of ether oxygens (including phenoxy) is 6. The van der Waals surface area contributed by atoms with Crippen LogP contribution in [-0.4, -0.2) is 156 Å². The third kappa shape index (κ3) is 11.5. The number of likely N-dealkylation sites (N-methyl/N-ethyl adjacent to an activating group) is 1. The van der Waals surface area contributed by atoms with E-state index in [4.69, 9.17) is 28.4 Å². The molecule has 352 valence electrons. The Balaban J connectivity index is 1.91. The highest BCUT2D eigenvalue weighted by Crippen LogP contribution is 2.41. The molecule has 1 aromatic carbocycles. The largest absolute Gasteiger partial charge is 0.459 e. The Kier molecular flexibility index (Phi) is 17.0. The monoisotopic (exact) mass is 892 g/mol. The number of aliphatic hydroxyl groups is 5. The highest BCUT2D eigenvalue weighted by molar-refractivity contribution is 7.89. The van der Waals surface area contributed by atoms with Gasteiger partial charge in [0.1, 0.15) is 29.7 Å². The molecule has 0 radical (unpaired) electrons. The van der Waals surface area contributed by atoms with Gasteiger partial charge >= 0.3 is 5.97 Å². The number of esters is 1. The van der Waals surface area contributed by atoms with Gasteiger partial charge in [-0.25, -0.2) is 17.5 Å². The lowest BCUT2D eigenvalue weighted by atomic mass is 9.72. The number of aliphatic hydroxyl groups excluding tert-OH is 3. The fourth-order valence-corrected chi connectivity index (χ4v) is 11.1. The third-order valence-electron chi connectivity index (χ3n) is 13.5. The minimum atomic E-state index is -4.40. The number of nitrogens with zero attached hydrogens (tertiary/aromatic N) is 1. The third-order valence-corrected chi connectivity index (χ3v) is 15.0. The quantitative estimate of drug-likeness (QED) is 0.186. The van der Waals surface area contributed by atoms with Crippen molar-refractivity contribution in [2.24, 2.45) is 23.7 Å². The Morgan fingerprint density at radius 3 is 2.08 bits per heavy atom. The van der Waals surface area contributed by atoms with Crippen molar-refractivity contribution in [3.05, 3.63) is 30.1 Å². The van der Waals surface area contributed by atoms with Crippen LogP contribution in [0.3, 0.4) is 0 Å². The van der Waals surface area contributed by atoms with Crippen molar-refractivity contribution in [3.63, 3.8) is 0 Å². The van der Waals surface area contributed by atoms with Gasteiger partial charge in [0.05, 0.1) is 52.5 Å². The molecule has 0 aromatic heterocycles. The molecule has 4 rings (SSSR count). The van der Waals surface area contributed by atoms with Crippen LogP contribution >= 0.6 is 0 Å². The van der Waals surface area contributed by atoms with Crippen molar-refractivity contribution in [1.82, 2.24) is 9.62 Å². The van der Waals surface area contributed by atoms with Crippen LogP contribution in [0.25, 0.3) is 0 Å². The van der Waals surface area contributed by atoms with Crippen LogP contribution in [0, 0.1) is 29.5 Å². The number of benzene rings is 1. The summed E-state index contributed by atoms with van der Waals surface area (Å²) in [6, 6.07) is 2.61. The summed E-state index contributed by atoms with van der Waals surface area (Å²) in [6.45, 7) is 16.2. The molecular formula is C43H73FN2O14S. The number of carbonyl (C=O) groups excluding carboxylic acids is 1. The highest BCUT2D eigenvalue weighted by atomic mass is 32.2. The van der Waals surface area contributed by atoms with Crippen molar-refractivity contribution in [1.29, 1.82) is 0 Å². The number of sulfonamides is 1. The minimum Gasteiger partial charge on any atom is -0.459 e. The normalized spacial score (nSPS) is 45.0. The molecule has 0 aliphatic carbocycles. The first-order valence-corrected chi connectivity index (χ1v) is 22.9. The first-order valence-electron chi connectivity index (χ1n) is 21.4. The number of nitrogens with one attached hydrogen (secondary N) is 1. The molecule has 61 heavy (non-hydrogen) atoms. The fourth-order valence-electron chi connectivity index (χ4n) is 9.69. The van der Waals surface area contributed by atoms with Crippen molar-refractivity contribution in [3.8, 4) is 0 Å². The van der Waals surface area contributed by atoms with E-state index in [1.807, 2.05) is 25.9 Å². The van der Waals surface area contributed by atoms with E-state index >= 15 is 0 Å². The van der Waals surface area contributed by atoms with Crippen LogP contribution in [0.1, 0.15) is 94.9 Å². The van der Waals surface area contributed by atoms with E-state index in [1.165, 1.54) is 27.9 Å². The lowest BCUT2D eigenvalue weighted by Gasteiger charge is -2.49. The Morgan fingerprint density at radius 2 is 1.52 bits per heavy atom. The van der Waals surface area contributed by atoms with E-state index in [2.05, 4.69) is 4.72 Å². The topological polar surface area (TPSA) is 223 Å². The van der Waals surface area contributed by atoms with Gasteiger partial charge < -0.3 is 58.9 Å². The van der Waals surface area contributed by atoms with Gasteiger partial charge in [-0.05, 0) is 105 Å². The smallest absolute Gasteiger partial charge is 0.311 e. The summed E-state index contributed by atoms with van der Waals surface area (Å²) in [5, 5.41) is 59.5. The predicted octanol–water partition coefficient (Wildman–Crippen LogP) is 2.70. The maximum atomic E-state index is 14.4. The Morgan fingerprint density at radius 1 is 0.918 bits per heavy atom. The van der Waals surface area contributed by atoms with E-state index in [0.717, 1.165) is 24.3 Å². The average molecular weight is 893 g/mol. The number of halogens is 1. The van der Waals surface area contributed by atoms with Crippen LogP contribution in [-0.2, 0) is 43.2 Å². The highest BCUT2D eigenvalue weighted by Gasteiger charge is 2.54. The molecular weight excluding hydrogens is 820 g/mol.